The standard InChI is InChI=1S/C21H17F3O3/c22-21(23,24)27-19-10-9-18(17-8-4-7-16(11-17)13-25)12-20(19)26-14-15-5-2-1-3-6-15/h1-12,25H,13-14H2. The van der Waals surface area contributed by atoms with Gasteiger partial charge in [0.05, 0.1) is 6.61 Å². The Morgan fingerprint density at radius 2 is 1.44 bits per heavy atom. The molecule has 0 radical (unpaired) electrons. The zero-order valence-electron chi connectivity index (χ0n) is 14.2. The highest BCUT2D eigenvalue weighted by Gasteiger charge is 2.32. The monoisotopic (exact) mass is 374 g/mol. The smallest absolute Gasteiger partial charge is 0.485 e. The summed E-state index contributed by atoms with van der Waals surface area (Å²) >= 11 is 0. The number of rotatable bonds is 6. The van der Waals surface area contributed by atoms with Crippen LogP contribution in [0.1, 0.15) is 11.1 Å². The molecule has 0 saturated carbocycles. The van der Waals surface area contributed by atoms with Crippen molar-refractivity contribution in [3.05, 3.63) is 83.9 Å². The van der Waals surface area contributed by atoms with E-state index in [-0.39, 0.29) is 19.0 Å². The molecule has 0 amide bonds. The molecule has 3 aromatic rings. The van der Waals surface area contributed by atoms with Crippen LogP contribution in [0, 0.1) is 0 Å². The van der Waals surface area contributed by atoms with E-state index >= 15 is 0 Å². The van der Waals surface area contributed by atoms with E-state index in [9.17, 15) is 18.3 Å². The van der Waals surface area contributed by atoms with Gasteiger partial charge in [0.2, 0.25) is 0 Å². The third-order valence-electron chi connectivity index (χ3n) is 3.85. The molecule has 0 bridgehead atoms. The van der Waals surface area contributed by atoms with E-state index in [4.69, 9.17) is 4.74 Å². The Morgan fingerprint density at radius 1 is 0.741 bits per heavy atom. The van der Waals surface area contributed by atoms with Gasteiger partial charge in [-0.15, -0.1) is 13.2 Å². The number of aliphatic hydroxyl groups is 1. The lowest BCUT2D eigenvalue weighted by molar-refractivity contribution is -0.275. The molecule has 0 saturated heterocycles. The van der Waals surface area contributed by atoms with Crippen LogP contribution in [-0.4, -0.2) is 11.5 Å². The zero-order chi connectivity index (χ0) is 19.3. The van der Waals surface area contributed by atoms with Gasteiger partial charge in [-0.3, -0.25) is 0 Å². The molecule has 3 aromatic carbocycles. The SMILES string of the molecule is OCc1cccc(-c2ccc(OC(F)(F)F)c(OCc3ccccc3)c2)c1. The van der Waals surface area contributed by atoms with Gasteiger partial charge in [-0.1, -0.05) is 54.6 Å². The fraction of sp³-hybridized carbons (Fsp3) is 0.143. The van der Waals surface area contributed by atoms with Crippen molar-refractivity contribution in [2.75, 3.05) is 0 Å². The summed E-state index contributed by atoms with van der Waals surface area (Å²) in [5, 5.41) is 9.28. The average molecular weight is 374 g/mol. The molecule has 0 aromatic heterocycles. The Morgan fingerprint density at radius 3 is 2.15 bits per heavy atom. The third kappa shape index (κ3) is 5.24. The lowest BCUT2D eigenvalue weighted by Crippen LogP contribution is -2.17. The van der Waals surface area contributed by atoms with Gasteiger partial charge < -0.3 is 14.6 Å². The Hall–Kier alpha value is -2.99. The zero-order valence-corrected chi connectivity index (χ0v) is 14.2. The lowest BCUT2D eigenvalue weighted by Gasteiger charge is -2.16. The van der Waals surface area contributed by atoms with Crippen molar-refractivity contribution in [1.82, 2.24) is 0 Å². The van der Waals surface area contributed by atoms with Crippen LogP contribution >= 0.6 is 0 Å². The first kappa shape index (κ1) is 18.8. The number of alkyl halides is 3. The molecule has 1 N–H and O–H groups in total. The minimum Gasteiger partial charge on any atom is -0.485 e. The van der Waals surface area contributed by atoms with Crippen molar-refractivity contribution in [2.24, 2.45) is 0 Å². The number of aliphatic hydroxyl groups excluding tert-OH is 1. The Labute approximate surface area is 154 Å². The van der Waals surface area contributed by atoms with Gasteiger partial charge in [-0.25, -0.2) is 0 Å². The topological polar surface area (TPSA) is 38.7 Å². The number of hydrogen-bond donors (Lipinski definition) is 1. The Balaban J connectivity index is 1.92. The second-order valence-corrected chi connectivity index (χ2v) is 5.84. The Bertz CT molecular complexity index is 893. The fourth-order valence-electron chi connectivity index (χ4n) is 2.59. The van der Waals surface area contributed by atoms with E-state index in [1.165, 1.54) is 18.2 Å². The van der Waals surface area contributed by atoms with Crippen molar-refractivity contribution >= 4 is 0 Å². The summed E-state index contributed by atoms with van der Waals surface area (Å²) in [5.41, 5.74) is 2.94. The van der Waals surface area contributed by atoms with Gasteiger partial charge in [-0.05, 0) is 40.5 Å². The first-order valence-corrected chi connectivity index (χ1v) is 8.21. The van der Waals surface area contributed by atoms with E-state index < -0.39 is 12.1 Å². The second-order valence-electron chi connectivity index (χ2n) is 5.84. The maximum atomic E-state index is 12.7. The quantitative estimate of drug-likeness (QED) is 0.634. The highest BCUT2D eigenvalue weighted by atomic mass is 19.4. The summed E-state index contributed by atoms with van der Waals surface area (Å²) in [6.45, 7) is -0.0182. The third-order valence-corrected chi connectivity index (χ3v) is 3.85. The number of benzene rings is 3. The van der Waals surface area contributed by atoms with E-state index in [2.05, 4.69) is 4.74 Å². The van der Waals surface area contributed by atoms with Crippen LogP contribution < -0.4 is 9.47 Å². The summed E-state index contributed by atoms with van der Waals surface area (Å²) in [5.74, 6) is -0.413. The van der Waals surface area contributed by atoms with Gasteiger partial charge in [0.15, 0.2) is 11.5 Å². The summed E-state index contributed by atoms with van der Waals surface area (Å²) < 4.78 is 47.8. The predicted octanol–water partition coefficient (Wildman–Crippen LogP) is 5.32. The fourth-order valence-corrected chi connectivity index (χ4v) is 2.59. The van der Waals surface area contributed by atoms with E-state index in [0.29, 0.717) is 11.1 Å². The molecule has 6 heteroatoms. The summed E-state index contributed by atoms with van der Waals surface area (Å²) in [7, 11) is 0. The van der Waals surface area contributed by atoms with Crippen molar-refractivity contribution in [1.29, 1.82) is 0 Å². The number of ether oxygens (including phenoxy) is 2. The van der Waals surface area contributed by atoms with Crippen LogP contribution in [-0.2, 0) is 13.2 Å². The molecule has 0 spiro atoms. The van der Waals surface area contributed by atoms with Crippen molar-refractivity contribution < 1.29 is 27.8 Å². The van der Waals surface area contributed by atoms with E-state index in [0.717, 1.165) is 11.1 Å². The summed E-state index contributed by atoms with van der Waals surface area (Å²) in [6.07, 6.45) is -4.82. The lowest BCUT2D eigenvalue weighted by atomic mass is 10.0. The molecule has 3 nitrogen and oxygen atoms in total. The molecule has 0 heterocycles. The van der Waals surface area contributed by atoms with Gasteiger partial charge in [0.25, 0.3) is 0 Å². The maximum Gasteiger partial charge on any atom is 0.573 e. The largest absolute Gasteiger partial charge is 0.573 e. The molecule has 27 heavy (non-hydrogen) atoms. The molecule has 0 atom stereocenters. The van der Waals surface area contributed by atoms with Gasteiger partial charge in [0, 0.05) is 0 Å². The molecule has 0 aliphatic rings. The molecule has 0 aliphatic carbocycles. The highest BCUT2D eigenvalue weighted by Crippen LogP contribution is 2.36. The van der Waals surface area contributed by atoms with Crippen molar-refractivity contribution in [3.63, 3.8) is 0 Å². The summed E-state index contributed by atoms with van der Waals surface area (Å²) in [4.78, 5) is 0. The first-order chi connectivity index (χ1) is 12.9. The Kier molecular flexibility index (Phi) is 5.66. The molecule has 140 valence electrons. The first-order valence-electron chi connectivity index (χ1n) is 8.21. The minimum atomic E-state index is -4.82. The van der Waals surface area contributed by atoms with Crippen LogP contribution in [0.5, 0.6) is 11.5 Å². The van der Waals surface area contributed by atoms with Crippen LogP contribution in [0.25, 0.3) is 11.1 Å². The number of hydrogen-bond acceptors (Lipinski definition) is 3. The van der Waals surface area contributed by atoms with Crippen LogP contribution in [0.4, 0.5) is 13.2 Å². The van der Waals surface area contributed by atoms with Crippen molar-refractivity contribution in [3.8, 4) is 22.6 Å². The van der Waals surface area contributed by atoms with E-state index in [1.54, 1.807) is 24.3 Å². The molecule has 0 aliphatic heterocycles. The normalized spacial score (nSPS) is 11.3. The molecular weight excluding hydrogens is 357 g/mol. The van der Waals surface area contributed by atoms with Crippen LogP contribution in [0.3, 0.4) is 0 Å². The van der Waals surface area contributed by atoms with Crippen molar-refractivity contribution in [2.45, 2.75) is 19.6 Å². The maximum absolute atomic E-state index is 12.7. The summed E-state index contributed by atoms with van der Waals surface area (Å²) in [6, 6.07) is 20.5. The highest BCUT2D eigenvalue weighted by molar-refractivity contribution is 5.67. The van der Waals surface area contributed by atoms with Crippen LogP contribution in [0.2, 0.25) is 0 Å². The van der Waals surface area contributed by atoms with Crippen LogP contribution in [0.15, 0.2) is 72.8 Å². The van der Waals surface area contributed by atoms with Gasteiger partial charge in [0.1, 0.15) is 6.61 Å². The second kappa shape index (κ2) is 8.14. The van der Waals surface area contributed by atoms with Gasteiger partial charge >= 0.3 is 6.36 Å². The molecule has 0 fully saturated rings. The molecule has 0 unspecified atom stereocenters. The average Bonchev–Trinajstić information content (AvgIpc) is 2.67. The molecular formula is C21H17F3O3. The predicted molar refractivity (Wildman–Crippen MR) is 95.3 cm³/mol. The van der Waals surface area contributed by atoms with Gasteiger partial charge in [-0.2, -0.15) is 0 Å². The minimum absolute atomic E-state index is 0.0110. The van der Waals surface area contributed by atoms with E-state index in [1.807, 2.05) is 30.3 Å². The molecule has 3 rings (SSSR count). The number of halogens is 3.